The topological polar surface area (TPSA) is 70.5 Å². The highest BCUT2D eigenvalue weighted by atomic mass is 19.4. The van der Waals surface area contributed by atoms with E-state index in [1.807, 2.05) is 24.0 Å². The van der Waals surface area contributed by atoms with Gasteiger partial charge in [-0.05, 0) is 56.7 Å². The van der Waals surface area contributed by atoms with Gasteiger partial charge in [-0.2, -0.15) is 13.2 Å². The third-order valence-corrected chi connectivity index (χ3v) is 5.05. The van der Waals surface area contributed by atoms with Crippen LogP contribution in [0.1, 0.15) is 46.9 Å². The smallest absolute Gasteiger partial charge is 0.475 e. The first-order valence-electron chi connectivity index (χ1n) is 9.38. The Balaban J connectivity index is 0.000000370. The summed E-state index contributed by atoms with van der Waals surface area (Å²) in [5.74, 6) is -2.01. The summed E-state index contributed by atoms with van der Waals surface area (Å²) in [6, 6.07) is 6.08. The number of likely N-dealkylation sites (tertiary alicyclic amines) is 1. The first-order chi connectivity index (χ1) is 13.4. The standard InChI is InChI=1S/C19H24N2O.C2HF3O2/c1-12-6-5-9-21(11-12)19(22)17-10-14(3)20-18-15(4)13(2)7-8-16(17)18;3-2(4,5)1(6)7/h7-8,10,12H,5-6,9,11H2,1-4H3;(H,6,7). The van der Waals surface area contributed by atoms with Crippen LogP contribution in [-0.4, -0.2) is 46.1 Å². The fourth-order valence-corrected chi connectivity index (χ4v) is 3.38. The van der Waals surface area contributed by atoms with Crippen molar-refractivity contribution in [3.05, 3.63) is 40.6 Å². The molecule has 2 aromatic rings. The summed E-state index contributed by atoms with van der Waals surface area (Å²) in [5.41, 5.74) is 5.07. The number of carboxylic acids is 1. The van der Waals surface area contributed by atoms with Gasteiger partial charge in [0, 0.05) is 24.2 Å². The zero-order valence-corrected chi connectivity index (χ0v) is 16.9. The molecule has 158 valence electrons. The molecule has 0 saturated carbocycles. The van der Waals surface area contributed by atoms with Crippen molar-refractivity contribution >= 4 is 22.8 Å². The van der Waals surface area contributed by atoms with Gasteiger partial charge in [0.25, 0.3) is 5.91 Å². The number of aliphatic carboxylic acids is 1. The maximum absolute atomic E-state index is 13.0. The van der Waals surface area contributed by atoms with Gasteiger partial charge in [-0.1, -0.05) is 19.1 Å². The molecule has 5 nitrogen and oxygen atoms in total. The van der Waals surface area contributed by atoms with Crippen LogP contribution in [0, 0.1) is 26.7 Å². The van der Waals surface area contributed by atoms with Crippen molar-refractivity contribution in [2.45, 2.75) is 46.7 Å². The molecular formula is C21H25F3N2O3. The fraction of sp³-hybridized carbons (Fsp3) is 0.476. The van der Waals surface area contributed by atoms with Gasteiger partial charge in [-0.15, -0.1) is 0 Å². The monoisotopic (exact) mass is 410 g/mol. The minimum absolute atomic E-state index is 0.158. The van der Waals surface area contributed by atoms with Gasteiger partial charge in [-0.25, -0.2) is 4.79 Å². The molecule has 1 aromatic carbocycles. The van der Waals surface area contributed by atoms with E-state index in [9.17, 15) is 18.0 Å². The molecule has 1 aliphatic rings. The highest BCUT2D eigenvalue weighted by Crippen LogP contribution is 2.26. The minimum Gasteiger partial charge on any atom is -0.475 e. The molecule has 0 spiro atoms. The van der Waals surface area contributed by atoms with Gasteiger partial charge in [0.2, 0.25) is 0 Å². The Hall–Kier alpha value is -2.64. The van der Waals surface area contributed by atoms with Crippen molar-refractivity contribution in [3.63, 3.8) is 0 Å². The van der Waals surface area contributed by atoms with Crippen molar-refractivity contribution in [1.29, 1.82) is 0 Å². The van der Waals surface area contributed by atoms with Crippen LogP contribution in [0.5, 0.6) is 0 Å². The van der Waals surface area contributed by atoms with Crippen LogP contribution >= 0.6 is 0 Å². The third kappa shape index (κ3) is 5.46. The number of carbonyl (C=O) groups excluding carboxylic acids is 1. The number of carbonyl (C=O) groups is 2. The van der Waals surface area contributed by atoms with E-state index in [0.717, 1.165) is 41.7 Å². The van der Waals surface area contributed by atoms with Gasteiger partial charge < -0.3 is 10.0 Å². The zero-order chi connectivity index (χ0) is 21.9. The second-order valence-corrected chi connectivity index (χ2v) is 7.52. The Morgan fingerprint density at radius 2 is 1.83 bits per heavy atom. The molecule has 8 heteroatoms. The number of carboxylic acid groups (broad SMARTS) is 1. The third-order valence-electron chi connectivity index (χ3n) is 5.05. The van der Waals surface area contributed by atoms with Gasteiger partial charge in [0.1, 0.15) is 0 Å². The highest BCUT2D eigenvalue weighted by Gasteiger charge is 2.38. The second kappa shape index (κ2) is 8.80. The number of alkyl halides is 3. The molecular weight excluding hydrogens is 385 g/mol. The maximum atomic E-state index is 13.0. The van der Waals surface area contributed by atoms with Crippen molar-refractivity contribution in [2.24, 2.45) is 5.92 Å². The van der Waals surface area contributed by atoms with Crippen molar-refractivity contribution < 1.29 is 27.9 Å². The van der Waals surface area contributed by atoms with E-state index < -0.39 is 12.1 Å². The van der Waals surface area contributed by atoms with Crippen LogP contribution in [-0.2, 0) is 4.79 Å². The molecule has 29 heavy (non-hydrogen) atoms. The summed E-state index contributed by atoms with van der Waals surface area (Å²) < 4.78 is 31.7. The first kappa shape index (κ1) is 22.6. The number of amides is 1. The minimum atomic E-state index is -5.08. The Morgan fingerprint density at radius 3 is 2.38 bits per heavy atom. The van der Waals surface area contributed by atoms with E-state index in [1.165, 1.54) is 17.5 Å². The lowest BCUT2D eigenvalue weighted by Crippen LogP contribution is -2.39. The van der Waals surface area contributed by atoms with Gasteiger partial charge >= 0.3 is 12.1 Å². The summed E-state index contributed by atoms with van der Waals surface area (Å²) in [4.78, 5) is 28.6. The number of nitrogens with zero attached hydrogens (tertiary/aromatic N) is 2. The number of halogens is 3. The molecule has 3 rings (SSSR count). The summed E-state index contributed by atoms with van der Waals surface area (Å²) >= 11 is 0. The molecule has 1 N–H and O–H groups in total. The highest BCUT2D eigenvalue weighted by molar-refractivity contribution is 6.07. The molecule has 1 amide bonds. The molecule has 0 aliphatic carbocycles. The zero-order valence-electron chi connectivity index (χ0n) is 16.9. The lowest BCUT2D eigenvalue weighted by Gasteiger charge is -2.31. The largest absolute Gasteiger partial charge is 0.490 e. The van der Waals surface area contributed by atoms with Crippen LogP contribution in [0.15, 0.2) is 18.2 Å². The van der Waals surface area contributed by atoms with E-state index in [0.29, 0.717) is 5.92 Å². The van der Waals surface area contributed by atoms with E-state index in [1.54, 1.807) is 0 Å². The van der Waals surface area contributed by atoms with E-state index >= 15 is 0 Å². The number of benzene rings is 1. The lowest BCUT2D eigenvalue weighted by atomic mass is 9.97. The van der Waals surface area contributed by atoms with Crippen LogP contribution in [0.2, 0.25) is 0 Å². The Morgan fingerprint density at radius 1 is 1.21 bits per heavy atom. The lowest BCUT2D eigenvalue weighted by molar-refractivity contribution is -0.192. The van der Waals surface area contributed by atoms with Crippen LogP contribution in [0.4, 0.5) is 13.2 Å². The molecule has 1 saturated heterocycles. The summed E-state index contributed by atoms with van der Waals surface area (Å²) in [6.45, 7) is 10.1. The Kier molecular flexibility index (Phi) is 6.87. The molecule has 0 radical (unpaired) electrons. The van der Waals surface area contributed by atoms with Gasteiger partial charge in [0.05, 0.1) is 11.1 Å². The van der Waals surface area contributed by atoms with E-state index in [-0.39, 0.29) is 5.91 Å². The fourth-order valence-electron chi connectivity index (χ4n) is 3.38. The number of aromatic nitrogens is 1. The Labute approximate surface area is 167 Å². The molecule has 1 aromatic heterocycles. The number of pyridine rings is 1. The SMILES string of the molecule is Cc1cc(C(=O)N2CCCC(C)C2)c2ccc(C)c(C)c2n1.O=C(O)C(F)(F)F. The predicted molar refractivity (Wildman–Crippen MR) is 104 cm³/mol. The first-order valence-corrected chi connectivity index (χ1v) is 9.38. The normalized spacial score (nSPS) is 16.9. The molecule has 1 aliphatic heterocycles. The molecule has 2 heterocycles. The molecule has 1 unspecified atom stereocenters. The second-order valence-electron chi connectivity index (χ2n) is 7.52. The molecule has 0 bridgehead atoms. The Bertz CT molecular complexity index is 926. The van der Waals surface area contributed by atoms with Crippen LogP contribution in [0.3, 0.4) is 0 Å². The summed E-state index contributed by atoms with van der Waals surface area (Å²) in [7, 11) is 0. The number of aryl methyl sites for hydroxylation is 3. The average molecular weight is 410 g/mol. The average Bonchev–Trinajstić information content (AvgIpc) is 2.63. The van der Waals surface area contributed by atoms with Gasteiger partial charge in [-0.3, -0.25) is 9.78 Å². The van der Waals surface area contributed by atoms with E-state index in [2.05, 4.69) is 31.8 Å². The number of hydrogen-bond acceptors (Lipinski definition) is 3. The molecule has 1 fully saturated rings. The summed E-state index contributed by atoms with van der Waals surface area (Å²) in [5, 5.41) is 8.11. The number of rotatable bonds is 1. The quantitative estimate of drug-likeness (QED) is 0.742. The predicted octanol–water partition coefficient (Wildman–Crippen LogP) is 4.67. The van der Waals surface area contributed by atoms with E-state index in [4.69, 9.17) is 9.90 Å². The van der Waals surface area contributed by atoms with Gasteiger partial charge in [0.15, 0.2) is 0 Å². The summed E-state index contributed by atoms with van der Waals surface area (Å²) in [6.07, 6.45) is -2.76. The van der Waals surface area contributed by atoms with Crippen LogP contribution < -0.4 is 0 Å². The number of fused-ring (bicyclic) bond motifs is 1. The van der Waals surface area contributed by atoms with Crippen molar-refractivity contribution in [3.8, 4) is 0 Å². The maximum Gasteiger partial charge on any atom is 0.490 e. The van der Waals surface area contributed by atoms with Crippen LogP contribution in [0.25, 0.3) is 10.9 Å². The number of piperidine rings is 1. The number of hydrogen-bond donors (Lipinski definition) is 1. The van der Waals surface area contributed by atoms with Crippen molar-refractivity contribution in [1.82, 2.24) is 9.88 Å². The van der Waals surface area contributed by atoms with Crippen molar-refractivity contribution in [2.75, 3.05) is 13.1 Å². The molecule has 1 atom stereocenters.